The monoisotopic (exact) mass is 630 g/mol. The molecule has 0 N–H and O–H groups in total. The van der Waals surface area contributed by atoms with Crippen LogP contribution in [0, 0.1) is 12.7 Å². The van der Waals surface area contributed by atoms with Gasteiger partial charge in [0, 0.05) is 24.3 Å². The number of halogens is 7. The van der Waals surface area contributed by atoms with Crippen molar-refractivity contribution >= 4 is 32.5 Å². The highest BCUT2D eigenvalue weighted by Crippen LogP contribution is 2.42. The molecule has 7 nitrogen and oxygen atoms in total. The second-order valence-electron chi connectivity index (χ2n) is 10.7. The minimum Gasteiger partial charge on any atom is -0.313 e. The Kier molecular flexibility index (Phi) is 7.88. The van der Waals surface area contributed by atoms with Gasteiger partial charge in [-0.1, -0.05) is 6.07 Å². The Labute approximate surface area is 241 Å². The zero-order valence-corrected chi connectivity index (χ0v) is 24.2. The van der Waals surface area contributed by atoms with Crippen LogP contribution < -0.4 is 4.90 Å². The lowest BCUT2D eigenvalue weighted by atomic mass is 9.81. The van der Waals surface area contributed by atoms with Crippen molar-refractivity contribution < 1.29 is 43.9 Å². The summed E-state index contributed by atoms with van der Waals surface area (Å²) in [5, 5.41) is 4.38. The Morgan fingerprint density at radius 1 is 0.930 bits per heavy atom. The van der Waals surface area contributed by atoms with E-state index in [4.69, 9.17) is 0 Å². The first kappa shape index (κ1) is 31.9. The van der Waals surface area contributed by atoms with Gasteiger partial charge in [0.05, 0.1) is 34.6 Å². The molecule has 0 bridgehead atoms. The number of alkyl halides is 6. The lowest BCUT2D eigenvalue weighted by Gasteiger charge is -2.32. The predicted molar refractivity (Wildman–Crippen MR) is 145 cm³/mol. The molecule has 0 aliphatic carbocycles. The summed E-state index contributed by atoms with van der Waals surface area (Å²) >= 11 is 0. The molecule has 0 saturated carbocycles. The molecule has 2 aromatic heterocycles. The number of anilines is 1. The summed E-state index contributed by atoms with van der Waals surface area (Å²) in [6.07, 6.45) is -6.72. The zero-order valence-electron chi connectivity index (χ0n) is 23.4. The number of aryl methyl sites for hydroxylation is 1. The molecule has 0 aliphatic rings. The maximum Gasteiger partial charge on any atom is 0.416 e. The van der Waals surface area contributed by atoms with E-state index >= 15 is 0 Å². The maximum absolute atomic E-state index is 14.0. The van der Waals surface area contributed by atoms with Gasteiger partial charge in [-0.2, -0.15) is 31.4 Å². The molecular weight excluding hydrogens is 605 g/mol. The maximum atomic E-state index is 14.0. The van der Waals surface area contributed by atoms with Crippen LogP contribution in [-0.4, -0.2) is 42.4 Å². The van der Waals surface area contributed by atoms with Gasteiger partial charge in [0.2, 0.25) is 5.91 Å². The van der Waals surface area contributed by atoms with Gasteiger partial charge in [-0.15, -0.1) is 0 Å². The van der Waals surface area contributed by atoms with Crippen molar-refractivity contribution in [2.45, 2.75) is 44.4 Å². The van der Waals surface area contributed by atoms with Crippen molar-refractivity contribution in [3.8, 4) is 11.1 Å². The lowest BCUT2D eigenvalue weighted by Crippen LogP contribution is -2.42. The van der Waals surface area contributed by atoms with Crippen LogP contribution in [0.3, 0.4) is 0 Å². The van der Waals surface area contributed by atoms with E-state index in [0.29, 0.717) is 23.3 Å². The molecule has 43 heavy (non-hydrogen) atoms. The fourth-order valence-electron chi connectivity index (χ4n) is 4.75. The Morgan fingerprint density at radius 3 is 2.00 bits per heavy atom. The number of fused-ring (bicyclic) bond motifs is 1. The molecule has 0 saturated heterocycles. The van der Waals surface area contributed by atoms with Gasteiger partial charge in [0.1, 0.15) is 11.7 Å². The van der Waals surface area contributed by atoms with Gasteiger partial charge >= 0.3 is 12.4 Å². The van der Waals surface area contributed by atoms with E-state index in [2.05, 4.69) is 10.1 Å². The van der Waals surface area contributed by atoms with Crippen LogP contribution in [0.5, 0.6) is 0 Å². The van der Waals surface area contributed by atoms with E-state index < -0.39 is 61.9 Å². The Bertz CT molecular complexity index is 1810. The number of amides is 1. The highest BCUT2D eigenvalue weighted by Gasteiger charge is 2.41. The topological polar surface area (TPSA) is 85.2 Å². The molecule has 2 heterocycles. The number of carbonyl (C=O) groups excluding carboxylic acids is 1. The summed E-state index contributed by atoms with van der Waals surface area (Å²) in [7, 11) is -2.29. The number of benzene rings is 2. The van der Waals surface area contributed by atoms with Crippen LogP contribution in [-0.2, 0) is 38.3 Å². The van der Waals surface area contributed by atoms with Crippen molar-refractivity contribution in [2.75, 3.05) is 18.2 Å². The molecule has 0 fully saturated rings. The van der Waals surface area contributed by atoms with Crippen molar-refractivity contribution in [3.05, 3.63) is 76.9 Å². The number of sulfone groups is 1. The number of aromatic nitrogens is 3. The summed E-state index contributed by atoms with van der Waals surface area (Å²) in [5.41, 5.74) is -4.30. The van der Waals surface area contributed by atoms with Gasteiger partial charge in [-0.05, 0) is 67.8 Å². The second kappa shape index (κ2) is 10.6. The smallest absolute Gasteiger partial charge is 0.313 e. The summed E-state index contributed by atoms with van der Waals surface area (Å²) in [4.78, 5) is 19.2. The highest BCUT2D eigenvalue weighted by atomic mass is 32.2. The van der Waals surface area contributed by atoms with Gasteiger partial charge in [-0.3, -0.25) is 4.79 Å². The van der Waals surface area contributed by atoms with Crippen LogP contribution in [0.1, 0.15) is 36.1 Å². The average Bonchev–Trinajstić information content (AvgIpc) is 3.27. The molecule has 230 valence electrons. The van der Waals surface area contributed by atoms with Crippen LogP contribution >= 0.6 is 0 Å². The average molecular weight is 631 g/mol. The number of pyridine rings is 1. The molecule has 15 heteroatoms. The Morgan fingerprint density at radius 2 is 1.49 bits per heavy atom. The third kappa shape index (κ3) is 6.36. The van der Waals surface area contributed by atoms with Crippen LogP contribution in [0.4, 0.5) is 36.4 Å². The molecule has 2 aromatic carbocycles. The third-order valence-corrected chi connectivity index (χ3v) is 7.68. The summed E-state index contributed by atoms with van der Waals surface area (Å²) in [5.74, 6) is -1.97. The van der Waals surface area contributed by atoms with Crippen molar-refractivity contribution in [1.82, 2.24) is 14.8 Å². The largest absolute Gasteiger partial charge is 0.416 e. The summed E-state index contributed by atoms with van der Waals surface area (Å²) < 4.78 is 120. The van der Waals surface area contributed by atoms with Crippen LogP contribution in [0.2, 0.25) is 0 Å². The first-order valence-corrected chi connectivity index (χ1v) is 14.5. The number of hydrogen-bond donors (Lipinski definition) is 0. The third-order valence-electron chi connectivity index (χ3n) is 6.97. The highest BCUT2D eigenvalue weighted by molar-refractivity contribution is 7.89. The fourth-order valence-corrected chi connectivity index (χ4v) is 5.38. The molecular formula is C28H25F7N4O3S. The van der Waals surface area contributed by atoms with Crippen molar-refractivity contribution in [1.29, 1.82) is 0 Å². The molecule has 0 atom stereocenters. The molecule has 0 radical (unpaired) electrons. The SMILES string of the molecule is Cc1cc(F)ccc1-c1c(N(C)C(=O)C(C)(C)c2cc(C(F)(F)F)cc(C(F)(F)F)c2)cnc2c1cnn2CS(C)(=O)=O. The van der Waals surface area contributed by atoms with E-state index in [-0.39, 0.29) is 28.4 Å². The molecule has 0 spiro atoms. The lowest BCUT2D eigenvalue weighted by molar-refractivity contribution is -0.143. The molecule has 4 rings (SSSR count). The van der Waals surface area contributed by atoms with E-state index in [1.807, 2.05) is 0 Å². The summed E-state index contributed by atoms with van der Waals surface area (Å²) in [6.45, 7) is 3.98. The number of likely N-dealkylation sites (N-methyl/N-ethyl adjacent to an activating group) is 1. The molecule has 0 aliphatic heterocycles. The fraction of sp³-hybridized carbons (Fsp3) is 0.321. The molecule has 1 amide bonds. The number of nitrogens with zero attached hydrogens (tertiary/aromatic N) is 4. The minimum absolute atomic E-state index is 0.0187. The number of hydrogen-bond acceptors (Lipinski definition) is 5. The van der Waals surface area contributed by atoms with E-state index in [0.717, 1.165) is 21.9 Å². The Hall–Kier alpha value is -4.01. The second-order valence-corrected chi connectivity index (χ2v) is 12.8. The predicted octanol–water partition coefficient (Wildman–Crippen LogP) is 6.53. The van der Waals surface area contributed by atoms with E-state index in [9.17, 15) is 43.9 Å². The van der Waals surface area contributed by atoms with E-state index in [1.165, 1.54) is 45.4 Å². The van der Waals surface area contributed by atoms with Crippen molar-refractivity contribution in [2.24, 2.45) is 0 Å². The van der Waals surface area contributed by atoms with E-state index in [1.54, 1.807) is 6.92 Å². The standard InChI is InChI=1S/C28H25F7N4O3S/c1-15-8-19(29)6-7-20(15)23-21-12-37-39(14-43(5,41)42)24(21)36-13-22(23)38(4)25(40)26(2,3)16-9-17(27(30,31)32)11-18(10-16)28(33,34)35/h6-13H,14H2,1-5H3. The van der Waals surface area contributed by atoms with Gasteiger partial charge in [0.15, 0.2) is 15.5 Å². The zero-order chi connectivity index (χ0) is 32.3. The first-order valence-electron chi connectivity index (χ1n) is 12.5. The van der Waals surface area contributed by atoms with Gasteiger partial charge in [0.25, 0.3) is 0 Å². The molecule has 4 aromatic rings. The van der Waals surface area contributed by atoms with Gasteiger partial charge in [-0.25, -0.2) is 22.5 Å². The number of carbonyl (C=O) groups is 1. The minimum atomic E-state index is -5.12. The first-order chi connectivity index (χ1) is 19.6. The molecule has 0 unspecified atom stereocenters. The number of rotatable bonds is 6. The van der Waals surface area contributed by atoms with Crippen molar-refractivity contribution in [3.63, 3.8) is 0 Å². The Balaban J connectivity index is 1.92. The normalized spacial score (nSPS) is 13.0. The summed E-state index contributed by atoms with van der Waals surface area (Å²) in [6, 6.07) is 4.79. The quantitative estimate of drug-likeness (QED) is 0.227. The van der Waals surface area contributed by atoms with Crippen LogP contribution in [0.15, 0.2) is 48.8 Å². The van der Waals surface area contributed by atoms with Gasteiger partial charge < -0.3 is 4.90 Å². The van der Waals surface area contributed by atoms with Crippen LogP contribution in [0.25, 0.3) is 22.2 Å².